The van der Waals surface area contributed by atoms with Crippen molar-refractivity contribution in [3.05, 3.63) is 235 Å². The molecule has 0 spiro atoms. The summed E-state index contributed by atoms with van der Waals surface area (Å²) >= 11 is 0. The van der Waals surface area contributed by atoms with Crippen molar-refractivity contribution in [3.8, 4) is 67.3 Å². The van der Waals surface area contributed by atoms with Crippen molar-refractivity contribution >= 4 is 0 Å². The maximum Gasteiger partial charge on any atom is 0.160 e. The quantitative estimate of drug-likeness (QED) is 0.166. The van der Waals surface area contributed by atoms with E-state index in [1.54, 1.807) is 0 Å². The first-order valence-electron chi connectivity index (χ1n) is 18.7. The van der Waals surface area contributed by atoms with Crippen molar-refractivity contribution in [3.63, 3.8) is 0 Å². The van der Waals surface area contributed by atoms with E-state index in [0.717, 1.165) is 44.8 Å². The van der Waals surface area contributed by atoms with E-state index in [4.69, 9.17) is 9.97 Å². The number of nitrogens with zero attached hydrogens (tertiary/aromatic N) is 3. The van der Waals surface area contributed by atoms with E-state index in [-0.39, 0.29) is 0 Å². The monoisotopic (exact) mass is 701 g/mol. The fourth-order valence-corrected chi connectivity index (χ4v) is 8.39. The van der Waals surface area contributed by atoms with Crippen molar-refractivity contribution in [2.75, 3.05) is 0 Å². The number of rotatable bonds is 7. The molecule has 0 saturated carbocycles. The Balaban J connectivity index is 1.09. The van der Waals surface area contributed by atoms with Crippen LogP contribution in [0.25, 0.3) is 67.3 Å². The summed E-state index contributed by atoms with van der Waals surface area (Å²) in [6, 6.07) is 71.5. The van der Waals surface area contributed by atoms with Crippen molar-refractivity contribution in [1.82, 2.24) is 15.0 Å². The SMILES string of the molecule is c1ccc(-c2nc(-c3ccc(-c4ccncc4)cc3)cc(-c3ccc(-c4cccc5c4-c4ccccc4C5(c4ccccc4)c4ccccc4)cc3)n2)cc1. The van der Waals surface area contributed by atoms with Gasteiger partial charge in [0, 0.05) is 29.1 Å². The number of fused-ring (bicyclic) bond motifs is 3. The van der Waals surface area contributed by atoms with Crippen LogP contribution in [0.15, 0.2) is 213 Å². The van der Waals surface area contributed by atoms with E-state index in [0.29, 0.717) is 5.82 Å². The van der Waals surface area contributed by atoms with Crippen molar-refractivity contribution in [2.45, 2.75) is 5.41 Å². The highest BCUT2D eigenvalue weighted by Gasteiger charge is 2.46. The average Bonchev–Trinajstić information content (AvgIpc) is 3.59. The molecule has 0 saturated heterocycles. The largest absolute Gasteiger partial charge is 0.265 e. The van der Waals surface area contributed by atoms with Gasteiger partial charge in [-0.05, 0) is 73.8 Å². The van der Waals surface area contributed by atoms with E-state index < -0.39 is 5.41 Å². The first-order valence-corrected chi connectivity index (χ1v) is 18.7. The van der Waals surface area contributed by atoms with Crippen molar-refractivity contribution < 1.29 is 0 Å². The molecule has 0 N–H and O–H groups in total. The lowest BCUT2D eigenvalue weighted by molar-refractivity contribution is 0.768. The molecule has 1 aliphatic rings. The van der Waals surface area contributed by atoms with Crippen LogP contribution in [0.2, 0.25) is 0 Å². The van der Waals surface area contributed by atoms with Crippen LogP contribution in [0, 0.1) is 0 Å². The summed E-state index contributed by atoms with van der Waals surface area (Å²) in [7, 11) is 0. The van der Waals surface area contributed by atoms with Crippen LogP contribution in [0.3, 0.4) is 0 Å². The van der Waals surface area contributed by atoms with Gasteiger partial charge in [0.1, 0.15) is 0 Å². The molecule has 1 aliphatic carbocycles. The van der Waals surface area contributed by atoms with Crippen LogP contribution in [-0.4, -0.2) is 15.0 Å². The van der Waals surface area contributed by atoms with Crippen LogP contribution < -0.4 is 0 Å². The fraction of sp³-hybridized carbons (Fsp3) is 0.0192. The lowest BCUT2D eigenvalue weighted by Gasteiger charge is -2.34. The van der Waals surface area contributed by atoms with Gasteiger partial charge >= 0.3 is 0 Å². The smallest absolute Gasteiger partial charge is 0.160 e. The van der Waals surface area contributed by atoms with E-state index >= 15 is 0 Å². The molecule has 0 atom stereocenters. The first-order chi connectivity index (χ1) is 27.3. The molecule has 55 heavy (non-hydrogen) atoms. The molecule has 0 bridgehead atoms. The van der Waals surface area contributed by atoms with Gasteiger partial charge in [-0.3, -0.25) is 4.98 Å². The minimum absolute atomic E-state index is 0.438. The zero-order valence-corrected chi connectivity index (χ0v) is 30.0. The lowest BCUT2D eigenvalue weighted by atomic mass is 9.67. The third-order valence-electron chi connectivity index (χ3n) is 10.9. The van der Waals surface area contributed by atoms with Gasteiger partial charge < -0.3 is 0 Å². The van der Waals surface area contributed by atoms with Gasteiger partial charge in [-0.2, -0.15) is 0 Å². The number of aromatic nitrogens is 3. The van der Waals surface area contributed by atoms with Gasteiger partial charge in [0.2, 0.25) is 0 Å². The Morgan fingerprint density at radius 2 is 0.800 bits per heavy atom. The Bertz CT molecular complexity index is 2720. The Kier molecular flexibility index (Phi) is 8.04. The number of benzene rings is 7. The van der Waals surface area contributed by atoms with E-state index in [2.05, 4.69) is 175 Å². The number of hydrogen-bond donors (Lipinski definition) is 0. The second-order valence-corrected chi connectivity index (χ2v) is 14.0. The van der Waals surface area contributed by atoms with Gasteiger partial charge in [0.15, 0.2) is 5.82 Å². The third-order valence-corrected chi connectivity index (χ3v) is 10.9. The van der Waals surface area contributed by atoms with Crippen molar-refractivity contribution in [2.24, 2.45) is 0 Å². The molecule has 2 aromatic heterocycles. The van der Waals surface area contributed by atoms with E-state index in [1.165, 1.54) is 38.9 Å². The second-order valence-electron chi connectivity index (χ2n) is 14.0. The molecule has 10 rings (SSSR count). The molecule has 0 aliphatic heterocycles. The first kappa shape index (κ1) is 32.4. The summed E-state index contributed by atoms with van der Waals surface area (Å²) in [5.74, 6) is 0.700. The molecule has 0 amide bonds. The summed E-state index contributed by atoms with van der Waals surface area (Å²) < 4.78 is 0. The van der Waals surface area contributed by atoms with Crippen LogP contribution in [0.4, 0.5) is 0 Å². The second kappa shape index (κ2) is 13.6. The number of pyridine rings is 1. The highest BCUT2D eigenvalue weighted by Crippen LogP contribution is 2.58. The van der Waals surface area contributed by atoms with Gasteiger partial charge in [-0.25, -0.2) is 9.97 Å². The molecule has 3 heteroatoms. The van der Waals surface area contributed by atoms with Gasteiger partial charge in [-0.15, -0.1) is 0 Å². The fourth-order valence-electron chi connectivity index (χ4n) is 8.39. The molecule has 258 valence electrons. The minimum atomic E-state index is -0.438. The normalized spacial score (nSPS) is 12.5. The molecule has 2 heterocycles. The Labute approximate surface area is 321 Å². The summed E-state index contributed by atoms with van der Waals surface area (Å²) in [5.41, 5.74) is 16.7. The summed E-state index contributed by atoms with van der Waals surface area (Å²) in [5, 5.41) is 0. The molecule has 9 aromatic rings. The summed E-state index contributed by atoms with van der Waals surface area (Å²) in [6.07, 6.45) is 3.65. The van der Waals surface area contributed by atoms with Crippen LogP contribution in [-0.2, 0) is 5.41 Å². The topological polar surface area (TPSA) is 38.7 Å². The molecular weight excluding hydrogens is 667 g/mol. The third kappa shape index (κ3) is 5.57. The maximum atomic E-state index is 5.12. The predicted molar refractivity (Wildman–Crippen MR) is 224 cm³/mol. The minimum Gasteiger partial charge on any atom is -0.265 e. The molecule has 7 aromatic carbocycles. The van der Waals surface area contributed by atoms with Gasteiger partial charge in [-0.1, -0.05) is 182 Å². The van der Waals surface area contributed by atoms with E-state index in [9.17, 15) is 0 Å². The highest BCUT2D eigenvalue weighted by atomic mass is 14.9. The number of hydrogen-bond acceptors (Lipinski definition) is 3. The lowest BCUT2D eigenvalue weighted by Crippen LogP contribution is -2.28. The van der Waals surface area contributed by atoms with E-state index in [1.807, 2.05) is 42.7 Å². The molecule has 3 nitrogen and oxygen atoms in total. The van der Waals surface area contributed by atoms with Crippen LogP contribution >= 0.6 is 0 Å². The molecule has 0 fully saturated rings. The van der Waals surface area contributed by atoms with Crippen molar-refractivity contribution in [1.29, 1.82) is 0 Å². The standard InChI is InChI=1S/C52H35N3/c1-4-13-41(14-5-1)51-54-48(39-27-23-36(24-28-39)37-31-33-53-34-32-37)35-49(55-51)40-29-25-38(26-30-40)44-20-12-22-47-50(44)45-19-10-11-21-46(45)52(47,42-15-6-2-7-16-42)43-17-8-3-9-18-43/h1-35H. The zero-order chi connectivity index (χ0) is 36.6. The van der Waals surface area contributed by atoms with Crippen LogP contribution in [0.5, 0.6) is 0 Å². The Hall–Kier alpha value is -7.23. The Morgan fingerprint density at radius 3 is 1.42 bits per heavy atom. The van der Waals surface area contributed by atoms with Gasteiger partial charge in [0.25, 0.3) is 0 Å². The molecule has 0 unspecified atom stereocenters. The zero-order valence-electron chi connectivity index (χ0n) is 30.0. The summed E-state index contributed by atoms with van der Waals surface area (Å²) in [6.45, 7) is 0. The maximum absolute atomic E-state index is 5.12. The highest BCUT2D eigenvalue weighted by molar-refractivity contribution is 5.95. The molecule has 0 radical (unpaired) electrons. The van der Waals surface area contributed by atoms with Crippen LogP contribution in [0.1, 0.15) is 22.3 Å². The molecular formula is C52H35N3. The average molecular weight is 702 g/mol. The Morgan fingerprint density at radius 1 is 0.327 bits per heavy atom. The predicted octanol–water partition coefficient (Wildman–Crippen LogP) is 12.6. The van der Waals surface area contributed by atoms with Gasteiger partial charge in [0.05, 0.1) is 16.8 Å². The summed E-state index contributed by atoms with van der Waals surface area (Å²) in [4.78, 5) is 14.4.